The fourth-order valence-corrected chi connectivity index (χ4v) is 2.14. The van der Waals surface area contributed by atoms with Crippen LogP contribution in [0.15, 0.2) is 24.3 Å². The predicted molar refractivity (Wildman–Crippen MR) is 82.4 cm³/mol. The minimum Gasteiger partial charge on any atom is -0.497 e. The SMILES string of the molecule is COc1ccc(CO[C@@H](C)C(CCC(C)C)C(=O)O)cc1. The molecule has 0 aliphatic heterocycles. The molecule has 4 nitrogen and oxygen atoms in total. The largest absolute Gasteiger partial charge is 0.497 e. The van der Waals surface area contributed by atoms with Crippen LogP contribution in [0.25, 0.3) is 0 Å². The van der Waals surface area contributed by atoms with E-state index in [4.69, 9.17) is 9.47 Å². The number of methoxy groups -OCH3 is 1. The van der Waals surface area contributed by atoms with Crippen LogP contribution in [0.3, 0.4) is 0 Å². The molecule has 1 N–H and O–H groups in total. The van der Waals surface area contributed by atoms with Crippen molar-refractivity contribution in [2.45, 2.75) is 46.3 Å². The fourth-order valence-electron chi connectivity index (χ4n) is 2.14. The van der Waals surface area contributed by atoms with Gasteiger partial charge in [0.15, 0.2) is 0 Å². The van der Waals surface area contributed by atoms with Gasteiger partial charge in [0, 0.05) is 0 Å². The topological polar surface area (TPSA) is 55.8 Å². The van der Waals surface area contributed by atoms with Gasteiger partial charge in [0.1, 0.15) is 5.75 Å². The van der Waals surface area contributed by atoms with Crippen LogP contribution in [-0.4, -0.2) is 24.3 Å². The van der Waals surface area contributed by atoms with Gasteiger partial charge in [0.25, 0.3) is 0 Å². The van der Waals surface area contributed by atoms with Crippen molar-refractivity contribution in [2.75, 3.05) is 7.11 Å². The highest BCUT2D eigenvalue weighted by molar-refractivity contribution is 5.70. The van der Waals surface area contributed by atoms with Crippen molar-refractivity contribution in [2.24, 2.45) is 11.8 Å². The summed E-state index contributed by atoms with van der Waals surface area (Å²) in [5.74, 6) is 0.0660. The van der Waals surface area contributed by atoms with E-state index in [1.807, 2.05) is 31.2 Å². The highest BCUT2D eigenvalue weighted by Crippen LogP contribution is 2.20. The van der Waals surface area contributed by atoms with Gasteiger partial charge in [-0.3, -0.25) is 4.79 Å². The Labute approximate surface area is 127 Å². The molecular weight excluding hydrogens is 268 g/mol. The number of aliphatic carboxylic acids is 1. The van der Waals surface area contributed by atoms with Crippen molar-refractivity contribution in [3.05, 3.63) is 29.8 Å². The van der Waals surface area contributed by atoms with E-state index < -0.39 is 11.9 Å². The Bertz CT molecular complexity index is 425. The first-order valence-electron chi connectivity index (χ1n) is 7.41. The molecule has 1 aromatic rings. The van der Waals surface area contributed by atoms with Crippen LogP contribution >= 0.6 is 0 Å². The van der Waals surface area contributed by atoms with Gasteiger partial charge in [0.05, 0.1) is 25.7 Å². The lowest BCUT2D eigenvalue weighted by Gasteiger charge is -2.21. The Morgan fingerprint density at radius 2 is 1.76 bits per heavy atom. The maximum atomic E-state index is 11.4. The molecule has 0 fully saturated rings. The molecule has 21 heavy (non-hydrogen) atoms. The molecule has 1 rings (SSSR count). The van der Waals surface area contributed by atoms with E-state index >= 15 is 0 Å². The van der Waals surface area contributed by atoms with Crippen molar-refractivity contribution in [3.63, 3.8) is 0 Å². The van der Waals surface area contributed by atoms with E-state index in [0.29, 0.717) is 18.9 Å². The summed E-state index contributed by atoms with van der Waals surface area (Å²) in [7, 11) is 1.62. The maximum absolute atomic E-state index is 11.4. The van der Waals surface area contributed by atoms with Crippen LogP contribution in [0.4, 0.5) is 0 Å². The molecule has 118 valence electrons. The highest BCUT2D eigenvalue weighted by atomic mass is 16.5. The lowest BCUT2D eigenvalue weighted by Crippen LogP contribution is -2.28. The normalized spacial score (nSPS) is 14.0. The van der Waals surface area contributed by atoms with Gasteiger partial charge in [-0.25, -0.2) is 0 Å². The fraction of sp³-hybridized carbons (Fsp3) is 0.588. The molecule has 0 amide bonds. The minimum atomic E-state index is -0.780. The molecular formula is C17H26O4. The highest BCUT2D eigenvalue weighted by Gasteiger charge is 2.25. The van der Waals surface area contributed by atoms with Gasteiger partial charge >= 0.3 is 5.97 Å². The van der Waals surface area contributed by atoms with Crippen LogP contribution in [0, 0.1) is 11.8 Å². The van der Waals surface area contributed by atoms with E-state index in [9.17, 15) is 9.90 Å². The maximum Gasteiger partial charge on any atom is 0.309 e. The summed E-state index contributed by atoms with van der Waals surface area (Å²) in [4.78, 5) is 11.4. The number of ether oxygens (including phenoxy) is 2. The first-order valence-corrected chi connectivity index (χ1v) is 7.41. The van der Waals surface area contributed by atoms with Crippen molar-refractivity contribution in [1.82, 2.24) is 0 Å². The summed E-state index contributed by atoms with van der Waals surface area (Å²) in [6.45, 7) is 6.45. The van der Waals surface area contributed by atoms with Crippen molar-refractivity contribution >= 4 is 5.97 Å². The molecule has 0 heterocycles. The quantitative estimate of drug-likeness (QED) is 0.754. The van der Waals surface area contributed by atoms with Gasteiger partial charge in [-0.05, 0) is 37.0 Å². The van der Waals surface area contributed by atoms with Crippen molar-refractivity contribution in [3.8, 4) is 5.75 Å². The number of hydrogen-bond acceptors (Lipinski definition) is 3. The lowest BCUT2D eigenvalue weighted by molar-refractivity contribution is -0.148. The summed E-state index contributed by atoms with van der Waals surface area (Å²) in [6.07, 6.45) is 1.24. The Morgan fingerprint density at radius 3 is 2.24 bits per heavy atom. The number of carboxylic acid groups (broad SMARTS) is 1. The molecule has 2 atom stereocenters. The Morgan fingerprint density at radius 1 is 1.14 bits per heavy atom. The molecule has 0 saturated heterocycles. The average molecular weight is 294 g/mol. The van der Waals surface area contributed by atoms with E-state index in [-0.39, 0.29) is 6.10 Å². The van der Waals surface area contributed by atoms with E-state index in [1.54, 1.807) is 7.11 Å². The first-order chi connectivity index (χ1) is 9.93. The van der Waals surface area contributed by atoms with Crippen LogP contribution in [0.2, 0.25) is 0 Å². The molecule has 0 bridgehead atoms. The zero-order valence-electron chi connectivity index (χ0n) is 13.3. The third-order valence-electron chi connectivity index (χ3n) is 3.61. The number of hydrogen-bond donors (Lipinski definition) is 1. The number of rotatable bonds is 9. The van der Waals surface area contributed by atoms with Crippen LogP contribution < -0.4 is 4.74 Å². The lowest BCUT2D eigenvalue weighted by atomic mass is 9.94. The Hall–Kier alpha value is -1.55. The monoisotopic (exact) mass is 294 g/mol. The average Bonchev–Trinajstić information content (AvgIpc) is 2.45. The second-order valence-electron chi connectivity index (χ2n) is 5.78. The number of carbonyl (C=O) groups is 1. The van der Waals surface area contributed by atoms with Crippen molar-refractivity contribution in [1.29, 1.82) is 0 Å². The summed E-state index contributed by atoms with van der Waals surface area (Å²) >= 11 is 0. The zero-order valence-corrected chi connectivity index (χ0v) is 13.3. The third kappa shape index (κ3) is 6.17. The molecule has 0 saturated carbocycles. The van der Waals surface area contributed by atoms with Gasteiger partial charge in [-0.1, -0.05) is 32.4 Å². The Balaban J connectivity index is 2.51. The second-order valence-corrected chi connectivity index (χ2v) is 5.78. The smallest absolute Gasteiger partial charge is 0.309 e. The van der Waals surface area contributed by atoms with Crippen molar-refractivity contribution < 1.29 is 19.4 Å². The second kappa shape index (κ2) is 8.67. The predicted octanol–water partition coefficient (Wildman–Crippen LogP) is 3.74. The number of benzene rings is 1. The molecule has 0 aliphatic carbocycles. The first kappa shape index (κ1) is 17.5. The van der Waals surface area contributed by atoms with Crippen LogP contribution in [0.1, 0.15) is 39.2 Å². The van der Waals surface area contributed by atoms with Gasteiger partial charge < -0.3 is 14.6 Å². The summed E-state index contributed by atoms with van der Waals surface area (Å²) < 4.78 is 10.8. The molecule has 1 unspecified atom stereocenters. The van der Waals surface area contributed by atoms with Crippen LogP contribution in [0.5, 0.6) is 5.75 Å². The number of carboxylic acids is 1. The molecule has 0 aromatic heterocycles. The van der Waals surface area contributed by atoms with Gasteiger partial charge in [-0.15, -0.1) is 0 Å². The van der Waals surface area contributed by atoms with Crippen LogP contribution in [-0.2, 0) is 16.1 Å². The summed E-state index contributed by atoms with van der Waals surface area (Å²) in [5, 5.41) is 9.33. The molecule has 0 aliphatic rings. The zero-order chi connectivity index (χ0) is 15.8. The molecule has 0 radical (unpaired) electrons. The van der Waals surface area contributed by atoms with E-state index in [0.717, 1.165) is 17.7 Å². The van der Waals surface area contributed by atoms with E-state index in [2.05, 4.69) is 13.8 Å². The minimum absolute atomic E-state index is 0.302. The molecule has 0 spiro atoms. The summed E-state index contributed by atoms with van der Waals surface area (Å²) in [6, 6.07) is 7.60. The molecule has 4 heteroatoms. The summed E-state index contributed by atoms with van der Waals surface area (Å²) in [5.41, 5.74) is 1.01. The third-order valence-corrected chi connectivity index (χ3v) is 3.61. The Kier molecular flexibility index (Phi) is 7.23. The molecule has 1 aromatic carbocycles. The van der Waals surface area contributed by atoms with E-state index in [1.165, 1.54) is 0 Å². The standard InChI is InChI=1S/C17H26O4/c1-12(2)5-10-16(17(18)19)13(3)21-11-14-6-8-15(20-4)9-7-14/h6-9,12-13,16H,5,10-11H2,1-4H3,(H,18,19)/t13-,16?/m0/s1. The van der Waals surface area contributed by atoms with Gasteiger partial charge in [-0.2, -0.15) is 0 Å². The van der Waals surface area contributed by atoms with Gasteiger partial charge in [0.2, 0.25) is 0 Å².